The van der Waals surface area contributed by atoms with Gasteiger partial charge in [-0.2, -0.15) is 0 Å². The maximum absolute atomic E-state index is 13.3. The molecule has 1 unspecified atom stereocenters. The van der Waals surface area contributed by atoms with Crippen LogP contribution >= 0.6 is 0 Å². The minimum atomic E-state index is -0.695. The highest BCUT2D eigenvalue weighted by Gasteiger charge is 2.10. The van der Waals surface area contributed by atoms with Crippen LogP contribution in [0.25, 0.3) is 0 Å². The standard InChI is InChI=1S/C13H12FNO/c14-12-4-2-1-3-11(12)9-13(16)10-5-7-15-8-6-10/h1-8,13,16H,9H2. The van der Waals surface area contributed by atoms with E-state index in [-0.39, 0.29) is 12.2 Å². The highest BCUT2D eigenvalue weighted by atomic mass is 19.1. The van der Waals surface area contributed by atoms with Crippen molar-refractivity contribution in [3.63, 3.8) is 0 Å². The van der Waals surface area contributed by atoms with Crippen LogP contribution in [0.2, 0.25) is 0 Å². The maximum atomic E-state index is 13.3. The number of hydrogen-bond acceptors (Lipinski definition) is 2. The van der Waals surface area contributed by atoms with Gasteiger partial charge < -0.3 is 5.11 Å². The molecule has 2 aromatic rings. The first-order valence-electron chi connectivity index (χ1n) is 5.09. The van der Waals surface area contributed by atoms with E-state index in [1.807, 2.05) is 0 Å². The fourth-order valence-corrected chi connectivity index (χ4v) is 1.58. The highest BCUT2D eigenvalue weighted by Crippen LogP contribution is 2.18. The number of aliphatic hydroxyl groups is 1. The monoisotopic (exact) mass is 217 g/mol. The second-order valence-electron chi connectivity index (χ2n) is 3.59. The molecule has 0 aliphatic heterocycles. The van der Waals surface area contributed by atoms with Crippen LogP contribution in [0.4, 0.5) is 4.39 Å². The van der Waals surface area contributed by atoms with Crippen molar-refractivity contribution in [3.8, 4) is 0 Å². The molecule has 0 aliphatic rings. The van der Waals surface area contributed by atoms with E-state index < -0.39 is 6.10 Å². The maximum Gasteiger partial charge on any atom is 0.126 e. The van der Waals surface area contributed by atoms with E-state index in [0.717, 1.165) is 5.56 Å². The van der Waals surface area contributed by atoms with Crippen molar-refractivity contribution in [3.05, 3.63) is 65.7 Å². The zero-order valence-electron chi connectivity index (χ0n) is 8.68. The molecule has 0 spiro atoms. The van der Waals surface area contributed by atoms with Crippen LogP contribution in [0.1, 0.15) is 17.2 Å². The van der Waals surface area contributed by atoms with E-state index in [9.17, 15) is 9.50 Å². The van der Waals surface area contributed by atoms with E-state index in [1.165, 1.54) is 6.07 Å². The van der Waals surface area contributed by atoms with Crippen molar-refractivity contribution >= 4 is 0 Å². The molecule has 0 saturated carbocycles. The van der Waals surface area contributed by atoms with E-state index >= 15 is 0 Å². The summed E-state index contributed by atoms with van der Waals surface area (Å²) in [5.41, 5.74) is 1.27. The Labute approximate surface area is 93.4 Å². The van der Waals surface area contributed by atoms with Crippen molar-refractivity contribution in [2.45, 2.75) is 12.5 Å². The predicted molar refractivity (Wildman–Crippen MR) is 59.3 cm³/mol. The Morgan fingerprint density at radius 2 is 1.81 bits per heavy atom. The molecule has 1 N–H and O–H groups in total. The molecule has 1 heterocycles. The molecule has 3 heteroatoms. The summed E-state index contributed by atoms with van der Waals surface area (Å²) in [4.78, 5) is 3.87. The molecule has 82 valence electrons. The average Bonchev–Trinajstić information content (AvgIpc) is 2.33. The highest BCUT2D eigenvalue weighted by molar-refractivity contribution is 5.21. The lowest BCUT2D eigenvalue weighted by molar-refractivity contribution is 0.177. The fraction of sp³-hybridized carbons (Fsp3) is 0.154. The SMILES string of the molecule is OC(Cc1ccccc1F)c1ccncc1. The quantitative estimate of drug-likeness (QED) is 0.856. The molecule has 0 saturated heterocycles. The molecule has 1 atom stereocenters. The van der Waals surface area contributed by atoms with Gasteiger partial charge in [-0.25, -0.2) is 4.39 Å². The number of aromatic nitrogens is 1. The lowest BCUT2D eigenvalue weighted by atomic mass is 10.0. The van der Waals surface area contributed by atoms with Crippen LogP contribution in [-0.4, -0.2) is 10.1 Å². The summed E-state index contributed by atoms with van der Waals surface area (Å²) in [5.74, 6) is -0.282. The van der Waals surface area contributed by atoms with Gasteiger partial charge in [0, 0.05) is 18.8 Å². The molecule has 0 bridgehead atoms. The lowest BCUT2D eigenvalue weighted by Crippen LogP contribution is -2.03. The van der Waals surface area contributed by atoms with Crippen molar-refractivity contribution in [2.24, 2.45) is 0 Å². The molecule has 0 radical (unpaired) electrons. The van der Waals surface area contributed by atoms with Crippen LogP contribution < -0.4 is 0 Å². The van der Waals surface area contributed by atoms with Gasteiger partial charge in [0.2, 0.25) is 0 Å². The Hall–Kier alpha value is -1.74. The first-order chi connectivity index (χ1) is 7.77. The van der Waals surface area contributed by atoms with Gasteiger partial charge in [0.1, 0.15) is 5.82 Å². The van der Waals surface area contributed by atoms with Gasteiger partial charge in [-0.3, -0.25) is 4.98 Å². The van der Waals surface area contributed by atoms with Gasteiger partial charge in [-0.15, -0.1) is 0 Å². The second kappa shape index (κ2) is 4.86. The van der Waals surface area contributed by atoms with Gasteiger partial charge in [0.05, 0.1) is 6.10 Å². The van der Waals surface area contributed by atoms with Gasteiger partial charge in [0.25, 0.3) is 0 Å². The van der Waals surface area contributed by atoms with Crippen LogP contribution in [0, 0.1) is 5.82 Å². The van der Waals surface area contributed by atoms with E-state index in [0.29, 0.717) is 5.56 Å². The molecule has 0 amide bonds. The fourth-order valence-electron chi connectivity index (χ4n) is 1.58. The van der Waals surface area contributed by atoms with Gasteiger partial charge in [-0.05, 0) is 29.3 Å². The van der Waals surface area contributed by atoms with Crippen LogP contribution in [0.15, 0.2) is 48.8 Å². The topological polar surface area (TPSA) is 33.1 Å². The van der Waals surface area contributed by atoms with Crippen molar-refractivity contribution < 1.29 is 9.50 Å². The first-order valence-corrected chi connectivity index (χ1v) is 5.09. The Bertz CT molecular complexity index is 458. The van der Waals surface area contributed by atoms with E-state index in [2.05, 4.69) is 4.98 Å². The molecule has 0 aliphatic carbocycles. The Kier molecular flexibility index (Phi) is 3.27. The summed E-state index contributed by atoms with van der Waals surface area (Å²) in [6.07, 6.45) is 2.80. The minimum Gasteiger partial charge on any atom is -0.388 e. The first kappa shape index (κ1) is 10.8. The summed E-state index contributed by atoms with van der Waals surface area (Å²) in [6, 6.07) is 9.93. The number of benzene rings is 1. The number of hydrogen-bond donors (Lipinski definition) is 1. The summed E-state index contributed by atoms with van der Waals surface area (Å²) < 4.78 is 13.3. The third-order valence-electron chi connectivity index (χ3n) is 2.46. The Morgan fingerprint density at radius 1 is 1.12 bits per heavy atom. The molecule has 1 aromatic carbocycles. The zero-order chi connectivity index (χ0) is 11.4. The average molecular weight is 217 g/mol. The molecule has 2 nitrogen and oxygen atoms in total. The Morgan fingerprint density at radius 3 is 2.50 bits per heavy atom. The van der Waals surface area contributed by atoms with E-state index in [4.69, 9.17) is 0 Å². The molecular weight excluding hydrogens is 205 g/mol. The predicted octanol–water partition coefficient (Wildman–Crippen LogP) is 2.50. The van der Waals surface area contributed by atoms with Gasteiger partial charge in [-0.1, -0.05) is 18.2 Å². The van der Waals surface area contributed by atoms with Crippen molar-refractivity contribution in [1.29, 1.82) is 0 Å². The lowest BCUT2D eigenvalue weighted by Gasteiger charge is -2.11. The summed E-state index contributed by atoms with van der Waals surface area (Å²) >= 11 is 0. The van der Waals surface area contributed by atoms with E-state index in [1.54, 1.807) is 42.7 Å². The molecular formula is C13H12FNO. The number of rotatable bonds is 3. The Balaban J connectivity index is 2.14. The third-order valence-corrected chi connectivity index (χ3v) is 2.46. The minimum absolute atomic E-state index is 0.274. The van der Waals surface area contributed by atoms with Gasteiger partial charge >= 0.3 is 0 Å². The number of pyridine rings is 1. The van der Waals surface area contributed by atoms with Gasteiger partial charge in [0.15, 0.2) is 0 Å². The molecule has 16 heavy (non-hydrogen) atoms. The largest absolute Gasteiger partial charge is 0.388 e. The zero-order valence-corrected chi connectivity index (χ0v) is 8.68. The van der Waals surface area contributed by atoms with Crippen LogP contribution in [0.5, 0.6) is 0 Å². The van der Waals surface area contributed by atoms with Crippen LogP contribution in [-0.2, 0) is 6.42 Å². The van der Waals surface area contributed by atoms with Crippen molar-refractivity contribution in [2.75, 3.05) is 0 Å². The summed E-state index contributed by atoms with van der Waals surface area (Å²) in [5, 5.41) is 9.90. The molecule has 1 aromatic heterocycles. The number of nitrogens with zero attached hydrogens (tertiary/aromatic N) is 1. The molecule has 2 rings (SSSR count). The van der Waals surface area contributed by atoms with Crippen LogP contribution in [0.3, 0.4) is 0 Å². The summed E-state index contributed by atoms with van der Waals surface area (Å²) in [6.45, 7) is 0. The third kappa shape index (κ3) is 2.44. The number of halogens is 1. The smallest absolute Gasteiger partial charge is 0.126 e. The normalized spacial score (nSPS) is 12.4. The summed E-state index contributed by atoms with van der Waals surface area (Å²) in [7, 11) is 0. The molecule has 0 fully saturated rings. The number of aliphatic hydroxyl groups excluding tert-OH is 1. The van der Waals surface area contributed by atoms with Crippen molar-refractivity contribution in [1.82, 2.24) is 4.98 Å². The second-order valence-corrected chi connectivity index (χ2v) is 3.59.